The molecule has 2 aliphatic heterocycles. The van der Waals surface area contributed by atoms with E-state index in [0.29, 0.717) is 53.5 Å². The maximum absolute atomic E-state index is 14.1. The van der Waals surface area contributed by atoms with Crippen LogP contribution in [0.1, 0.15) is 40.3 Å². The quantitative estimate of drug-likeness (QED) is 0.611. The molecule has 3 aromatic rings. The summed E-state index contributed by atoms with van der Waals surface area (Å²) >= 11 is 1.33. The predicted molar refractivity (Wildman–Crippen MR) is 121 cm³/mol. The third-order valence-electron chi connectivity index (χ3n) is 6.37. The van der Waals surface area contributed by atoms with Crippen LogP contribution < -0.4 is 10.5 Å². The number of hydrogen-bond donors (Lipinski definition) is 0. The number of hydrogen-bond acceptors (Lipinski definition) is 5. The van der Waals surface area contributed by atoms with Crippen LogP contribution in [0.25, 0.3) is 10.2 Å². The monoisotopic (exact) mass is 440 g/mol. The van der Waals surface area contributed by atoms with E-state index in [-0.39, 0.29) is 17.3 Å². The zero-order valence-corrected chi connectivity index (χ0v) is 18.4. The molecule has 0 aliphatic carbocycles. The smallest absolute Gasteiger partial charge is 0.264 e. The Morgan fingerprint density at radius 3 is 2.61 bits per heavy atom. The number of thiophene rings is 1. The molecule has 6 nitrogen and oxygen atoms in total. The Labute approximate surface area is 183 Å². The minimum Gasteiger partial charge on any atom is -0.366 e. The first-order valence-corrected chi connectivity index (χ1v) is 11.7. The number of fused-ring (bicyclic) bond motifs is 2. The minimum atomic E-state index is -0.242. The average molecular weight is 441 g/mol. The number of amides is 1. The van der Waals surface area contributed by atoms with Crippen LogP contribution in [0, 0.1) is 12.7 Å². The van der Waals surface area contributed by atoms with Gasteiger partial charge in [0.25, 0.3) is 11.5 Å². The minimum absolute atomic E-state index is 0.0147. The molecule has 1 fully saturated rings. The zero-order chi connectivity index (χ0) is 21.5. The van der Waals surface area contributed by atoms with Gasteiger partial charge >= 0.3 is 0 Å². The first-order valence-electron chi connectivity index (χ1n) is 10.9. The molecule has 162 valence electrons. The van der Waals surface area contributed by atoms with Gasteiger partial charge in [0.15, 0.2) is 0 Å². The van der Waals surface area contributed by atoms with E-state index in [1.54, 1.807) is 21.6 Å². The summed E-state index contributed by atoms with van der Waals surface area (Å²) in [6, 6.07) is 6.73. The van der Waals surface area contributed by atoms with Gasteiger partial charge in [-0.05, 0) is 37.5 Å². The highest BCUT2D eigenvalue weighted by molar-refractivity contribution is 7.20. The van der Waals surface area contributed by atoms with E-state index in [2.05, 4.69) is 0 Å². The van der Waals surface area contributed by atoms with Gasteiger partial charge in [0.2, 0.25) is 0 Å². The second kappa shape index (κ2) is 8.07. The Morgan fingerprint density at radius 1 is 1.06 bits per heavy atom. The van der Waals surface area contributed by atoms with Gasteiger partial charge in [0, 0.05) is 39.1 Å². The Morgan fingerprint density at radius 2 is 1.84 bits per heavy atom. The number of benzene rings is 1. The molecule has 8 heteroatoms. The maximum atomic E-state index is 14.1. The van der Waals surface area contributed by atoms with Crippen LogP contribution in [0.2, 0.25) is 0 Å². The third-order valence-corrected chi connectivity index (χ3v) is 7.54. The van der Waals surface area contributed by atoms with E-state index in [4.69, 9.17) is 4.98 Å². The fourth-order valence-corrected chi connectivity index (χ4v) is 5.77. The molecule has 31 heavy (non-hydrogen) atoms. The van der Waals surface area contributed by atoms with Gasteiger partial charge in [-0.15, -0.1) is 11.3 Å². The SMILES string of the molecule is Cc1c(C(=O)N2CCN(c3ccccc3F)CC2)sc2nc3n(c(=O)c12)CCCCC3. The van der Waals surface area contributed by atoms with E-state index in [9.17, 15) is 14.0 Å². The normalized spacial score (nSPS) is 17.0. The molecule has 0 bridgehead atoms. The first kappa shape index (κ1) is 20.2. The molecule has 0 atom stereocenters. The van der Waals surface area contributed by atoms with E-state index in [0.717, 1.165) is 37.1 Å². The molecule has 0 N–H and O–H groups in total. The lowest BCUT2D eigenvalue weighted by Crippen LogP contribution is -2.49. The number of para-hydroxylation sites is 1. The van der Waals surface area contributed by atoms with Crippen LogP contribution in [0.3, 0.4) is 0 Å². The fourth-order valence-electron chi connectivity index (χ4n) is 4.62. The number of nitrogens with zero attached hydrogens (tertiary/aromatic N) is 4. The van der Waals surface area contributed by atoms with Crippen LogP contribution >= 0.6 is 11.3 Å². The molecule has 4 heterocycles. The van der Waals surface area contributed by atoms with Crippen LogP contribution in [-0.2, 0) is 13.0 Å². The molecule has 1 saturated heterocycles. The zero-order valence-electron chi connectivity index (χ0n) is 17.6. The fraction of sp³-hybridized carbons (Fsp3) is 0.435. The number of rotatable bonds is 2. The van der Waals surface area contributed by atoms with E-state index < -0.39 is 0 Å². The van der Waals surface area contributed by atoms with Gasteiger partial charge in [0.1, 0.15) is 16.5 Å². The molecule has 0 unspecified atom stereocenters. The van der Waals surface area contributed by atoms with Crippen molar-refractivity contribution in [1.82, 2.24) is 14.5 Å². The van der Waals surface area contributed by atoms with Gasteiger partial charge < -0.3 is 9.80 Å². The Bertz CT molecular complexity index is 1210. The molecule has 0 spiro atoms. The average Bonchev–Trinajstić information content (AvgIpc) is 2.95. The van der Waals surface area contributed by atoms with Crippen molar-refractivity contribution in [3.8, 4) is 0 Å². The van der Waals surface area contributed by atoms with E-state index in [1.807, 2.05) is 17.9 Å². The molecule has 0 saturated carbocycles. The molecule has 0 radical (unpaired) electrons. The number of carbonyl (C=O) groups is 1. The second-order valence-corrected chi connectivity index (χ2v) is 9.26. The van der Waals surface area contributed by atoms with Gasteiger partial charge in [0.05, 0.1) is 16.0 Å². The first-order chi connectivity index (χ1) is 15.0. The van der Waals surface area contributed by atoms with Crippen LogP contribution in [0.15, 0.2) is 29.1 Å². The number of piperazine rings is 1. The lowest BCUT2D eigenvalue weighted by molar-refractivity contribution is 0.0751. The highest BCUT2D eigenvalue weighted by atomic mass is 32.1. The van der Waals surface area contributed by atoms with Crippen LogP contribution in [-0.4, -0.2) is 46.5 Å². The summed E-state index contributed by atoms with van der Waals surface area (Å²) in [6.07, 6.45) is 3.95. The highest BCUT2D eigenvalue weighted by Crippen LogP contribution is 2.30. The summed E-state index contributed by atoms with van der Waals surface area (Å²) in [4.78, 5) is 36.3. The van der Waals surface area contributed by atoms with Crippen molar-refractivity contribution in [3.05, 3.63) is 56.7 Å². The van der Waals surface area contributed by atoms with Crippen molar-refractivity contribution in [2.75, 3.05) is 31.1 Å². The van der Waals surface area contributed by atoms with Crippen molar-refractivity contribution < 1.29 is 9.18 Å². The third kappa shape index (κ3) is 3.52. The molecular formula is C23H25FN4O2S. The van der Waals surface area contributed by atoms with Crippen LogP contribution in [0.4, 0.5) is 10.1 Å². The molecule has 2 aliphatic rings. The van der Waals surface area contributed by atoms with Crippen molar-refractivity contribution >= 4 is 33.1 Å². The van der Waals surface area contributed by atoms with Gasteiger partial charge in [-0.2, -0.15) is 0 Å². The highest BCUT2D eigenvalue weighted by Gasteiger charge is 2.28. The Balaban J connectivity index is 1.41. The molecule has 1 aromatic carbocycles. The summed E-state index contributed by atoms with van der Waals surface area (Å²) in [6.45, 7) is 4.74. The second-order valence-electron chi connectivity index (χ2n) is 8.26. The number of anilines is 1. The lowest BCUT2D eigenvalue weighted by Gasteiger charge is -2.36. The molecule has 1 amide bonds. The summed E-state index contributed by atoms with van der Waals surface area (Å²) in [5.41, 5.74) is 1.30. The Hall–Kier alpha value is -2.74. The van der Waals surface area contributed by atoms with E-state index in [1.165, 1.54) is 17.4 Å². The van der Waals surface area contributed by atoms with E-state index >= 15 is 0 Å². The number of aryl methyl sites for hydroxylation is 2. The summed E-state index contributed by atoms with van der Waals surface area (Å²) in [7, 11) is 0. The predicted octanol–water partition coefficient (Wildman–Crippen LogP) is 3.59. The van der Waals surface area contributed by atoms with Crippen molar-refractivity contribution in [2.24, 2.45) is 0 Å². The lowest BCUT2D eigenvalue weighted by atomic mass is 10.1. The number of carbonyl (C=O) groups excluding carboxylic acids is 1. The maximum Gasteiger partial charge on any atom is 0.264 e. The molecule has 2 aromatic heterocycles. The summed E-state index contributed by atoms with van der Waals surface area (Å²) in [5.74, 6) is 0.538. The molecule has 5 rings (SSSR count). The summed E-state index contributed by atoms with van der Waals surface area (Å²) < 4.78 is 15.9. The standard InChI is InChI=1S/C23H25FN4O2S/c1-15-19-21(25-18-9-3-2-6-10-28(18)22(19)29)31-20(15)23(30)27-13-11-26(12-14-27)17-8-5-4-7-16(17)24/h4-5,7-8H,2-3,6,9-14H2,1H3. The van der Waals surface area contributed by atoms with Crippen LogP contribution in [0.5, 0.6) is 0 Å². The van der Waals surface area contributed by atoms with Crippen molar-refractivity contribution in [2.45, 2.75) is 39.2 Å². The van der Waals surface area contributed by atoms with Crippen molar-refractivity contribution in [3.63, 3.8) is 0 Å². The molecular weight excluding hydrogens is 415 g/mol. The van der Waals surface area contributed by atoms with Gasteiger partial charge in [-0.3, -0.25) is 14.2 Å². The summed E-state index contributed by atoms with van der Waals surface area (Å²) in [5, 5.41) is 0.587. The van der Waals surface area contributed by atoms with Gasteiger partial charge in [-0.1, -0.05) is 18.6 Å². The number of halogens is 1. The topological polar surface area (TPSA) is 58.4 Å². The van der Waals surface area contributed by atoms with Crippen molar-refractivity contribution in [1.29, 1.82) is 0 Å². The van der Waals surface area contributed by atoms with Gasteiger partial charge in [-0.25, -0.2) is 9.37 Å². The largest absolute Gasteiger partial charge is 0.366 e. The number of aromatic nitrogens is 2. The Kier molecular flexibility index (Phi) is 5.25.